The molecule has 2 aromatic rings. The van der Waals surface area contributed by atoms with E-state index in [1.807, 2.05) is 12.1 Å². The first kappa shape index (κ1) is 36.3. The molecule has 0 N–H and O–H groups in total. The quantitative estimate of drug-likeness (QED) is 0.0699. The maximum atomic E-state index is 12.8. The summed E-state index contributed by atoms with van der Waals surface area (Å²) in [5.74, 6) is 3.25. The van der Waals surface area contributed by atoms with E-state index < -0.39 is 5.97 Å². The molecule has 1 aliphatic rings. The van der Waals surface area contributed by atoms with Crippen molar-refractivity contribution in [2.75, 3.05) is 13.2 Å². The summed E-state index contributed by atoms with van der Waals surface area (Å²) >= 11 is 6.43. The number of carbonyl (C=O) groups is 1. The number of hydrogen-bond donors (Lipinski definition) is 0. The minimum Gasteiger partial charge on any atom is -0.494 e. The molecule has 2 atom stereocenters. The van der Waals surface area contributed by atoms with Crippen molar-refractivity contribution in [2.24, 2.45) is 11.8 Å². The first-order chi connectivity index (χ1) is 21.6. The Morgan fingerprint density at radius 1 is 0.636 bits per heavy atom. The highest BCUT2D eigenvalue weighted by atomic mass is 35.5. The van der Waals surface area contributed by atoms with Gasteiger partial charge in [0, 0.05) is 0 Å². The maximum Gasteiger partial charge on any atom is 0.345 e. The highest BCUT2D eigenvalue weighted by Gasteiger charge is 2.24. The predicted molar refractivity (Wildman–Crippen MR) is 185 cm³/mol. The fraction of sp³-hybridized carbons (Fsp3) is 0.667. The van der Waals surface area contributed by atoms with Gasteiger partial charge in [-0.25, -0.2) is 4.79 Å². The SMILES string of the molecule is CCCCCCCCCCCCOc1ccc(C(=O)Oc2ccc(OCCCC3CCCCC3CCCCC)cc2)c(Cl)c1. The minimum absolute atomic E-state index is 0.328. The normalized spacial score (nSPS) is 16.5. The average molecular weight is 627 g/mol. The van der Waals surface area contributed by atoms with Gasteiger partial charge in [-0.05, 0) is 73.6 Å². The number of benzene rings is 2. The Morgan fingerprint density at radius 2 is 1.14 bits per heavy atom. The van der Waals surface area contributed by atoms with Crippen molar-refractivity contribution in [1.29, 1.82) is 0 Å². The Kier molecular flexibility index (Phi) is 18.4. The van der Waals surface area contributed by atoms with Crippen molar-refractivity contribution in [3.05, 3.63) is 53.1 Å². The van der Waals surface area contributed by atoms with Crippen LogP contribution in [0.15, 0.2) is 42.5 Å². The lowest BCUT2D eigenvalue weighted by molar-refractivity contribution is 0.0734. The summed E-state index contributed by atoms with van der Waals surface area (Å²) in [6, 6.07) is 12.4. The highest BCUT2D eigenvalue weighted by Crippen LogP contribution is 2.36. The lowest BCUT2D eigenvalue weighted by Gasteiger charge is -2.31. The van der Waals surface area contributed by atoms with Crippen LogP contribution in [-0.2, 0) is 0 Å². The Morgan fingerprint density at radius 3 is 1.77 bits per heavy atom. The molecule has 44 heavy (non-hydrogen) atoms. The van der Waals surface area contributed by atoms with Gasteiger partial charge in [0.1, 0.15) is 17.2 Å². The van der Waals surface area contributed by atoms with Gasteiger partial charge in [-0.3, -0.25) is 0 Å². The van der Waals surface area contributed by atoms with E-state index in [9.17, 15) is 4.79 Å². The second-order valence-electron chi connectivity index (χ2n) is 12.8. The van der Waals surface area contributed by atoms with E-state index in [0.717, 1.165) is 37.0 Å². The molecule has 5 heteroatoms. The van der Waals surface area contributed by atoms with Crippen molar-refractivity contribution >= 4 is 17.6 Å². The molecule has 1 fully saturated rings. The van der Waals surface area contributed by atoms with E-state index in [-0.39, 0.29) is 0 Å². The molecule has 0 amide bonds. The van der Waals surface area contributed by atoms with Crippen LogP contribution >= 0.6 is 11.6 Å². The molecule has 2 unspecified atom stereocenters. The highest BCUT2D eigenvalue weighted by molar-refractivity contribution is 6.33. The Balaban J connectivity index is 1.30. The van der Waals surface area contributed by atoms with Crippen LogP contribution in [0.5, 0.6) is 17.2 Å². The first-order valence-corrected chi connectivity index (χ1v) is 18.4. The predicted octanol–water partition coefficient (Wildman–Crippen LogP) is 12.4. The molecule has 246 valence electrons. The van der Waals surface area contributed by atoms with Crippen LogP contribution in [0.1, 0.15) is 153 Å². The molecule has 0 radical (unpaired) electrons. The van der Waals surface area contributed by atoms with Gasteiger partial charge in [0.15, 0.2) is 0 Å². The first-order valence-electron chi connectivity index (χ1n) is 18.0. The third-order valence-corrected chi connectivity index (χ3v) is 9.51. The molecule has 2 aromatic carbocycles. The van der Waals surface area contributed by atoms with Gasteiger partial charge in [-0.1, -0.05) is 135 Å². The lowest BCUT2D eigenvalue weighted by atomic mass is 9.74. The van der Waals surface area contributed by atoms with Gasteiger partial charge >= 0.3 is 5.97 Å². The van der Waals surface area contributed by atoms with Gasteiger partial charge in [0.05, 0.1) is 23.8 Å². The number of hydrogen-bond acceptors (Lipinski definition) is 4. The van der Waals surface area contributed by atoms with Crippen molar-refractivity contribution in [1.82, 2.24) is 0 Å². The van der Waals surface area contributed by atoms with E-state index in [0.29, 0.717) is 28.7 Å². The van der Waals surface area contributed by atoms with Gasteiger partial charge in [0.25, 0.3) is 0 Å². The summed E-state index contributed by atoms with van der Waals surface area (Å²) in [6.07, 6.45) is 26.3. The van der Waals surface area contributed by atoms with Crippen molar-refractivity contribution in [3.8, 4) is 17.2 Å². The van der Waals surface area contributed by atoms with E-state index in [1.165, 1.54) is 116 Å². The molecule has 1 saturated carbocycles. The zero-order chi connectivity index (χ0) is 31.2. The molecule has 0 aromatic heterocycles. The summed E-state index contributed by atoms with van der Waals surface area (Å²) in [5, 5.41) is 0.334. The number of carbonyl (C=O) groups excluding carboxylic acids is 1. The van der Waals surface area contributed by atoms with E-state index in [1.54, 1.807) is 30.3 Å². The van der Waals surface area contributed by atoms with Gasteiger partial charge in [-0.15, -0.1) is 0 Å². The molecular formula is C39H59ClO4. The Bertz CT molecular complexity index is 1040. The fourth-order valence-electron chi connectivity index (χ4n) is 6.53. The number of ether oxygens (including phenoxy) is 3. The Hall–Kier alpha value is -2.20. The summed E-state index contributed by atoms with van der Waals surface area (Å²) in [4.78, 5) is 12.8. The summed E-state index contributed by atoms with van der Waals surface area (Å²) < 4.78 is 17.5. The summed E-state index contributed by atoms with van der Waals surface area (Å²) in [7, 11) is 0. The summed E-state index contributed by atoms with van der Waals surface area (Å²) in [6.45, 7) is 5.93. The number of unbranched alkanes of at least 4 members (excludes halogenated alkanes) is 11. The second kappa shape index (κ2) is 22.3. The van der Waals surface area contributed by atoms with Gasteiger partial charge < -0.3 is 14.2 Å². The third kappa shape index (κ3) is 14.3. The van der Waals surface area contributed by atoms with E-state index in [4.69, 9.17) is 25.8 Å². The molecule has 1 aliphatic carbocycles. The van der Waals surface area contributed by atoms with Crippen LogP contribution < -0.4 is 14.2 Å². The van der Waals surface area contributed by atoms with Crippen LogP contribution in [0.25, 0.3) is 0 Å². The third-order valence-electron chi connectivity index (χ3n) is 9.19. The smallest absolute Gasteiger partial charge is 0.345 e. The average Bonchev–Trinajstić information content (AvgIpc) is 3.03. The van der Waals surface area contributed by atoms with Crippen LogP contribution in [0, 0.1) is 11.8 Å². The standard InChI is InChI=1S/C39H59ClO4/c1-3-5-7-8-9-10-11-12-13-17-29-43-36-27-28-37(38(40)31-36)39(41)44-35-25-23-34(24-26-35)42-30-18-22-33-21-16-15-20-32(33)19-14-6-4-2/h23-28,31-33H,3-22,29-30H2,1-2H3. The molecule has 0 bridgehead atoms. The maximum absolute atomic E-state index is 12.8. The van der Waals surface area contributed by atoms with Crippen LogP contribution in [0.4, 0.5) is 0 Å². The molecule has 0 saturated heterocycles. The number of rotatable bonds is 23. The Labute approximate surface area is 273 Å². The molecule has 0 spiro atoms. The van der Waals surface area contributed by atoms with Crippen molar-refractivity contribution in [3.63, 3.8) is 0 Å². The number of halogens is 1. The second-order valence-corrected chi connectivity index (χ2v) is 13.2. The zero-order valence-corrected chi connectivity index (χ0v) is 28.5. The van der Waals surface area contributed by atoms with Crippen LogP contribution in [0.2, 0.25) is 5.02 Å². The van der Waals surface area contributed by atoms with E-state index >= 15 is 0 Å². The topological polar surface area (TPSA) is 44.8 Å². The molecule has 0 aliphatic heterocycles. The van der Waals surface area contributed by atoms with Gasteiger partial charge in [-0.2, -0.15) is 0 Å². The molecule has 3 rings (SSSR count). The van der Waals surface area contributed by atoms with Crippen LogP contribution in [-0.4, -0.2) is 19.2 Å². The zero-order valence-electron chi connectivity index (χ0n) is 27.8. The fourth-order valence-corrected chi connectivity index (χ4v) is 6.78. The number of esters is 1. The van der Waals surface area contributed by atoms with Crippen LogP contribution in [0.3, 0.4) is 0 Å². The van der Waals surface area contributed by atoms with Crippen molar-refractivity contribution < 1.29 is 19.0 Å². The largest absolute Gasteiger partial charge is 0.494 e. The van der Waals surface area contributed by atoms with Crippen molar-refractivity contribution in [2.45, 2.75) is 142 Å². The monoisotopic (exact) mass is 626 g/mol. The van der Waals surface area contributed by atoms with Gasteiger partial charge in [0.2, 0.25) is 0 Å². The molecular weight excluding hydrogens is 568 g/mol. The minimum atomic E-state index is -0.481. The summed E-state index contributed by atoms with van der Waals surface area (Å²) in [5.41, 5.74) is 0.328. The molecule has 0 heterocycles. The molecule has 4 nitrogen and oxygen atoms in total. The lowest BCUT2D eigenvalue weighted by Crippen LogP contribution is -2.20. The van der Waals surface area contributed by atoms with E-state index in [2.05, 4.69) is 13.8 Å².